The minimum Gasteiger partial charge on any atom is -0.453 e. The van der Waals surface area contributed by atoms with Gasteiger partial charge < -0.3 is 19.6 Å². The van der Waals surface area contributed by atoms with Crippen molar-refractivity contribution in [2.45, 2.75) is 42.9 Å². The highest BCUT2D eigenvalue weighted by Crippen LogP contribution is 2.41. The van der Waals surface area contributed by atoms with Gasteiger partial charge in [-0.05, 0) is 49.4 Å². The van der Waals surface area contributed by atoms with Crippen molar-refractivity contribution in [1.29, 1.82) is 5.41 Å². The first-order valence-electron chi connectivity index (χ1n) is 10.6. The Morgan fingerprint density at radius 2 is 2.12 bits per heavy atom. The van der Waals surface area contributed by atoms with Crippen molar-refractivity contribution in [3.05, 3.63) is 65.2 Å². The molecule has 8 heteroatoms. The number of nitrogens with zero attached hydrogens (tertiary/aromatic N) is 2. The normalized spacial score (nSPS) is 17.8. The predicted molar refractivity (Wildman–Crippen MR) is 127 cm³/mol. The molecule has 3 aromatic rings. The van der Waals surface area contributed by atoms with Gasteiger partial charge in [0.15, 0.2) is 16.0 Å². The van der Waals surface area contributed by atoms with Crippen molar-refractivity contribution in [3.63, 3.8) is 0 Å². The first-order valence-corrected chi connectivity index (χ1v) is 11.4. The number of aromatic nitrogens is 2. The third-order valence-corrected chi connectivity index (χ3v) is 6.46. The molecule has 1 unspecified atom stereocenters. The monoisotopic (exact) mass is 449 g/mol. The van der Waals surface area contributed by atoms with Crippen LogP contribution in [-0.2, 0) is 11.8 Å². The Kier molecular flexibility index (Phi) is 6.23. The molecule has 0 saturated heterocycles. The maximum atomic E-state index is 12.7. The Morgan fingerprint density at radius 3 is 2.81 bits per heavy atom. The summed E-state index contributed by atoms with van der Waals surface area (Å²) in [6.07, 6.45) is 3.32. The highest BCUT2D eigenvalue weighted by molar-refractivity contribution is 7.99. The highest BCUT2D eigenvalue weighted by Gasteiger charge is 2.36. The summed E-state index contributed by atoms with van der Waals surface area (Å²) in [5.41, 5.74) is 4.11. The highest BCUT2D eigenvalue weighted by atomic mass is 32.2. The number of carbonyl (C=O) groups excluding carboxylic acids is 1. The van der Waals surface area contributed by atoms with Crippen LogP contribution in [0.2, 0.25) is 0 Å². The SMILES string of the molecule is CCCC1=C(C(C)=O)C(c2ccc(Sc3nc4ccccc4n3C)o2)/C(=C/NC)C(=N)N1. The summed E-state index contributed by atoms with van der Waals surface area (Å²) in [6.45, 7) is 3.63. The summed E-state index contributed by atoms with van der Waals surface area (Å²) < 4.78 is 8.28. The number of hydrogen-bond acceptors (Lipinski definition) is 6. The standard InChI is InChI=1S/C24H27N5O2S/c1-5-8-17-21(14(2)30)22(15(13-26-3)23(25)27-17)19-11-12-20(31-19)32-24-28-16-9-6-7-10-18(16)29(24)4/h6-7,9-13,22,26H,5,8H2,1-4H3,(H2,25,27)/b15-13-. The summed E-state index contributed by atoms with van der Waals surface area (Å²) in [5.74, 6) is 0.447. The number of ketones is 1. The van der Waals surface area contributed by atoms with Gasteiger partial charge in [0, 0.05) is 37.1 Å². The van der Waals surface area contributed by atoms with Gasteiger partial charge in [-0.3, -0.25) is 10.2 Å². The number of benzene rings is 1. The van der Waals surface area contributed by atoms with E-state index in [1.165, 1.54) is 11.8 Å². The Bertz CT molecular complexity index is 1250. The van der Waals surface area contributed by atoms with Crippen LogP contribution in [0.3, 0.4) is 0 Å². The van der Waals surface area contributed by atoms with Crippen LogP contribution in [0.15, 0.2) is 74.1 Å². The molecule has 1 aliphatic heterocycles. The number of fused-ring (bicyclic) bond motifs is 1. The van der Waals surface area contributed by atoms with E-state index in [1.807, 2.05) is 48.0 Å². The number of imidazole rings is 1. The molecule has 0 bridgehead atoms. The molecule has 1 aromatic carbocycles. The average molecular weight is 450 g/mol. The van der Waals surface area contributed by atoms with Crippen LogP contribution < -0.4 is 10.6 Å². The molecule has 1 aliphatic rings. The van der Waals surface area contributed by atoms with Gasteiger partial charge >= 0.3 is 0 Å². The zero-order valence-corrected chi connectivity index (χ0v) is 19.5. The molecule has 3 N–H and O–H groups in total. The molecule has 0 radical (unpaired) electrons. The van der Waals surface area contributed by atoms with Gasteiger partial charge in [0.1, 0.15) is 11.6 Å². The molecule has 1 atom stereocenters. The van der Waals surface area contributed by atoms with Crippen LogP contribution in [0.25, 0.3) is 11.0 Å². The first-order chi connectivity index (χ1) is 15.4. The van der Waals surface area contributed by atoms with Crippen LogP contribution in [0, 0.1) is 5.41 Å². The number of hydrogen-bond donors (Lipinski definition) is 3. The summed E-state index contributed by atoms with van der Waals surface area (Å²) in [4.78, 5) is 17.4. The number of allylic oxidation sites excluding steroid dienone is 2. The second kappa shape index (κ2) is 9.08. The fraction of sp³-hybridized carbons (Fsp3) is 0.292. The van der Waals surface area contributed by atoms with Gasteiger partial charge in [-0.2, -0.15) is 0 Å². The number of amidine groups is 1. The van der Waals surface area contributed by atoms with Crippen molar-refractivity contribution < 1.29 is 9.21 Å². The number of carbonyl (C=O) groups is 1. The van der Waals surface area contributed by atoms with E-state index < -0.39 is 5.92 Å². The number of para-hydroxylation sites is 2. The van der Waals surface area contributed by atoms with Crippen LogP contribution in [-0.4, -0.2) is 28.2 Å². The zero-order valence-electron chi connectivity index (χ0n) is 18.7. The average Bonchev–Trinajstić information content (AvgIpc) is 3.35. The van der Waals surface area contributed by atoms with E-state index in [4.69, 9.17) is 14.8 Å². The third kappa shape index (κ3) is 3.98. The molecule has 7 nitrogen and oxygen atoms in total. The number of furan rings is 1. The zero-order chi connectivity index (χ0) is 22.8. The molecular weight excluding hydrogens is 422 g/mol. The van der Waals surface area contributed by atoms with Gasteiger partial charge in [-0.15, -0.1) is 0 Å². The topological polar surface area (TPSA) is 95.9 Å². The molecule has 166 valence electrons. The smallest absolute Gasteiger partial charge is 0.176 e. The van der Waals surface area contributed by atoms with Gasteiger partial charge in [0.05, 0.1) is 17.0 Å². The fourth-order valence-corrected chi connectivity index (χ4v) is 4.92. The second-order valence-corrected chi connectivity index (χ2v) is 8.69. The lowest BCUT2D eigenvalue weighted by atomic mass is 9.81. The largest absolute Gasteiger partial charge is 0.453 e. The molecule has 0 fully saturated rings. The Hall–Kier alpha value is -3.26. The van der Waals surface area contributed by atoms with E-state index in [0.29, 0.717) is 28.4 Å². The lowest BCUT2D eigenvalue weighted by Crippen LogP contribution is -2.36. The molecular formula is C24H27N5O2S. The number of Topliss-reactive ketones (excluding diaryl/α,β-unsaturated/α-hetero) is 1. The minimum atomic E-state index is -0.440. The summed E-state index contributed by atoms with van der Waals surface area (Å²) in [6, 6.07) is 11.8. The van der Waals surface area contributed by atoms with E-state index in [9.17, 15) is 4.79 Å². The minimum absolute atomic E-state index is 0.0265. The number of aryl methyl sites for hydroxylation is 1. The molecule has 32 heavy (non-hydrogen) atoms. The Balaban J connectivity index is 1.74. The van der Waals surface area contributed by atoms with Crippen molar-refractivity contribution >= 4 is 34.4 Å². The Labute approximate surface area is 191 Å². The molecule has 0 saturated carbocycles. The van der Waals surface area contributed by atoms with Crippen molar-refractivity contribution in [2.24, 2.45) is 7.05 Å². The lowest BCUT2D eigenvalue weighted by Gasteiger charge is -2.30. The molecule has 0 aliphatic carbocycles. The molecule has 2 aromatic heterocycles. The van der Waals surface area contributed by atoms with Gasteiger partial charge in [-0.1, -0.05) is 25.5 Å². The van der Waals surface area contributed by atoms with Gasteiger partial charge in [0.2, 0.25) is 0 Å². The van der Waals surface area contributed by atoms with Crippen LogP contribution >= 0.6 is 11.8 Å². The summed E-state index contributed by atoms with van der Waals surface area (Å²) in [5, 5.41) is 16.2. The van der Waals surface area contributed by atoms with Crippen LogP contribution in [0.4, 0.5) is 0 Å². The maximum absolute atomic E-state index is 12.7. The summed E-state index contributed by atoms with van der Waals surface area (Å²) in [7, 11) is 3.77. The van der Waals surface area contributed by atoms with E-state index in [1.54, 1.807) is 20.2 Å². The quantitative estimate of drug-likeness (QED) is 0.483. The predicted octanol–water partition coefficient (Wildman–Crippen LogP) is 4.73. The third-order valence-electron chi connectivity index (χ3n) is 5.49. The Morgan fingerprint density at radius 1 is 1.34 bits per heavy atom. The van der Waals surface area contributed by atoms with E-state index >= 15 is 0 Å². The van der Waals surface area contributed by atoms with Crippen molar-refractivity contribution in [3.8, 4) is 0 Å². The van der Waals surface area contributed by atoms with Crippen LogP contribution in [0.5, 0.6) is 0 Å². The van der Waals surface area contributed by atoms with E-state index in [-0.39, 0.29) is 11.6 Å². The number of nitrogens with one attached hydrogen (secondary N) is 3. The fourth-order valence-electron chi connectivity index (χ4n) is 4.08. The van der Waals surface area contributed by atoms with Crippen molar-refractivity contribution in [2.75, 3.05) is 7.05 Å². The van der Waals surface area contributed by atoms with E-state index in [2.05, 4.69) is 17.6 Å². The van der Waals surface area contributed by atoms with E-state index in [0.717, 1.165) is 28.3 Å². The molecule has 0 amide bonds. The van der Waals surface area contributed by atoms with Crippen LogP contribution in [0.1, 0.15) is 38.4 Å². The maximum Gasteiger partial charge on any atom is 0.176 e. The molecule has 4 rings (SSSR count). The first kappa shape index (κ1) is 22.0. The molecule has 3 heterocycles. The van der Waals surface area contributed by atoms with Gasteiger partial charge in [0.25, 0.3) is 0 Å². The number of rotatable bonds is 7. The summed E-state index contributed by atoms with van der Waals surface area (Å²) >= 11 is 1.44. The van der Waals surface area contributed by atoms with Gasteiger partial charge in [-0.25, -0.2) is 4.98 Å². The van der Waals surface area contributed by atoms with Crippen molar-refractivity contribution in [1.82, 2.24) is 20.2 Å². The second-order valence-electron chi connectivity index (χ2n) is 7.72. The lowest BCUT2D eigenvalue weighted by molar-refractivity contribution is -0.113. The molecule has 0 spiro atoms.